The van der Waals surface area contributed by atoms with E-state index in [4.69, 9.17) is 4.74 Å². The van der Waals surface area contributed by atoms with Gasteiger partial charge in [-0.1, -0.05) is 37.4 Å². The number of carbonyl (C=O) groups excluding carboxylic acids is 3. The van der Waals surface area contributed by atoms with Gasteiger partial charge >= 0.3 is 5.97 Å². The molecule has 0 atom stereocenters. The second kappa shape index (κ2) is 8.02. The van der Waals surface area contributed by atoms with E-state index >= 15 is 0 Å². The van der Waals surface area contributed by atoms with Gasteiger partial charge in [-0.2, -0.15) is 0 Å². The molecule has 2 aromatic rings. The molecule has 2 amide bonds. The first-order chi connectivity index (χ1) is 13.9. The number of nitrogens with one attached hydrogen (secondary N) is 1. The van der Waals surface area contributed by atoms with E-state index in [0.29, 0.717) is 5.56 Å². The van der Waals surface area contributed by atoms with Gasteiger partial charge in [-0.25, -0.2) is 4.79 Å². The van der Waals surface area contributed by atoms with Crippen LogP contribution < -0.4 is 10.1 Å². The molecule has 7 heteroatoms. The number of carbonyl (C=O) groups is 3. The minimum Gasteiger partial charge on any atom is -0.497 e. The van der Waals surface area contributed by atoms with Gasteiger partial charge in [-0.3, -0.25) is 14.5 Å². The van der Waals surface area contributed by atoms with E-state index in [0.717, 1.165) is 22.4 Å². The van der Waals surface area contributed by atoms with Gasteiger partial charge in [0.1, 0.15) is 17.1 Å². The summed E-state index contributed by atoms with van der Waals surface area (Å²) in [6, 6.07) is 12.9. The zero-order valence-corrected chi connectivity index (χ0v) is 16.2. The van der Waals surface area contributed by atoms with Crippen LogP contribution in [-0.4, -0.2) is 36.9 Å². The number of hydrogen-bond donors (Lipinski definition) is 1. The van der Waals surface area contributed by atoms with Gasteiger partial charge < -0.3 is 14.8 Å². The van der Waals surface area contributed by atoms with E-state index in [2.05, 4.69) is 23.2 Å². The molecule has 0 fully saturated rings. The van der Waals surface area contributed by atoms with Crippen LogP contribution in [0, 0.1) is 0 Å². The summed E-state index contributed by atoms with van der Waals surface area (Å²) in [7, 11) is 2.77. The average Bonchev–Trinajstić information content (AvgIpc) is 3.09. The summed E-state index contributed by atoms with van der Waals surface area (Å²) in [5.74, 6) is -1.08. The largest absolute Gasteiger partial charge is 0.497 e. The Morgan fingerprint density at radius 3 is 2.31 bits per heavy atom. The van der Waals surface area contributed by atoms with Crippen LogP contribution in [0.2, 0.25) is 0 Å². The van der Waals surface area contributed by atoms with Crippen LogP contribution in [0.4, 0.5) is 0 Å². The second-order valence-corrected chi connectivity index (χ2v) is 6.32. The molecule has 3 rings (SSSR count). The lowest BCUT2D eigenvalue weighted by molar-refractivity contribution is -0.137. The molecule has 148 valence electrons. The molecule has 0 aliphatic carbocycles. The van der Waals surface area contributed by atoms with Gasteiger partial charge in [0.15, 0.2) is 0 Å². The summed E-state index contributed by atoms with van der Waals surface area (Å²) in [5.41, 5.74) is 2.78. The number of esters is 1. The monoisotopic (exact) mass is 392 g/mol. The third-order valence-electron chi connectivity index (χ3n) is 4.65. The third kappa shape index (κ3) is 3.75. The van der Waals surface area contributed by atoms with Crippen molar-refractivity contribution >= 4 is 17.8 Å². The molecule has 7 nitrogen and oxygen atoms in total. The van der Waals surface area contributed by atoms with Crippen molar-refractivity contribution in [2.24, 2.45) is 0 Å². The standard InChI is InChI=1S/C22H20N2O5/c1-13(22(27)29-4)23-20(25)14(2)24-12-19-17(6-5-7-18(19)21(24)26)15-8-10-16(28-3)11-9-15/h5-11H,1-2,12H2,3-4H3,(H,23,25). The molecule has 0 saturated carbocycles. The Hall–Kier alpha value is -3.87. The van der Waals surface area contributed by atoms with Crippen LogP contribution in [0.3, 0.4) is 0 Å². The van der Waals surface area contributed by atoms with Gasteiger partial charge in [0.05, 0.1) is 20.8 Å². The number of nitrogens with zero attached hydrogens (tertiary/aromatic N) is 1. The number of hydrogen-bond acceptors (Lipinski definition) is 5. The van der Waals surface area contributed by atoms with Crippen molar-refractivity contribution in [2.45, 2.75) is 6.54 Å². The number of methoxy groups -OCH3 is 2. The quantitative estimate of drug-likeness (QED) is 0.603. The molecule has 1 heterocycles. The van der Waals surface area contributed by atoms with Crippen molar-refractivity contribution in [1.82, 2.24) is 10.2 Å². The lowest BCUT2D eigenvalue weighted by Gasteiger charge is -2.18. The molecule has 0 saturated heterocycles. The fourth-order valence-electron chi connectivity index (χ4n) is 3.10. The summed E-state index contributed by atoms with van der Waals surface area (Å²) in [5, 5.41) is 2.30. The van der Waals surface area contributed by atoms with Crippen LogP contribution in [0.5, 0.6) is 5.75 Å². The van der Waals surface area contributed by atoms with Crippen molar-refractivity contribution in [1.29, 1.82) is 0 Å². The van der Waals surface area contributed by atoms with E-state index < -0.39 is 11.9 Å². The zero-order valence-electron chi connectivity index (χ0n) is 16.2. The van der Waals surface area contributed by atoms with E-state index in [1.54, 1.807) is 19.2 Å². The maximum absolute atomic E-state index is 12.9. The lowest BCUT2D eigenvalue weighted by Crippen LogP contribution is -2.36. The maximum atomic E-state index is 12.9. The first-order valence-electron chi connectivity index (χ1n) is 8.73. The molecule has 1 N–H and O–H groups in total. The van der Waals surface area contributed by atoms with Gasteiger partial charge in [-0.05, 0) is 34.9 Å². The SMILES string of the molecule is C=C(NC(=O)C(=C)N1Cc2c(cccc2-c2ccc(OC)cc2)C1=O)C(=O)OC. The summed E-state index contributed by atoms with van der Waals surface area (Å²) in [4.78, 5) is 38.0. The van der Waals surface area contributed by atoms with E-state index in [-0.39, 0.29) is 23.8 Å². The number of rotatable bonds is 6. The Morgan fingerprint density at radius 1 is 1.03 bits per heavy atom. The topological polar surface area (TPSA) is 84.9 Å². The third-order valence-corrected chi connectivity index (χ3v) is 4.65. The number of fused-ring (bicyclic) bond motifs is 1. The number of benzene rings is 2. The average molecular weight is 392 g/mol. The van der Waals surface area contributed by atoms with Crippen molar-refractivity contribution in [2.75, 3.05) is 14.2 Å². The van der Waals surface area contributed by atoms with Crippen LogP contribution in [0.1, 0.15) is 15.9 Å². The molecule has 2 aromatic carbocycles. The predicted octanol–water partition coefficient (Wildman–Crippen LogP) is 2.63. The molecule has 1 aliphatic heterocycles. The highest BCUT2D eigenvalue weighted by atomic mass is 16.5. The summed E-state index contributed by atoms with van der Waals surface area (Å²) < 4.78 is 9.69. The molecule has 0 unspecified atom stereocenters. The normalized spacial score (nSPS) is 12.2. The molecule has 0 spiro atoms. The van der Waals surface area contributed by atoms with Crippen molar-refractivity contribution in [3.8, 4) is 16.9 Å². The highest BCUT2D eigenvalue weighted by Crippen LogP contribution is 2.34. The first-order valence-corrected chi connectivity index (χ1v) is 8.73. The Bertz CT molecular complexity index is 1020. The van der Waals surface area contributed by atoms with Crippen LogP contribution in [0.15, 0.2) is 67.0 Å². The molecular formula is C22H20N2O5. The van der Waals surface area contributed by atoms with Crippen LogP contribution >= 0.6 is 0 Å². The Morgan fingerprint density at radius 2 is 1.69 bits per heavy atom. The van der Waals surface area contributed by atoms with Crippen molar-refractivity contribution < 1.29 is 23.9 Å². The van der Waals surface area contributed by atoms with Crippen LogP contribution in [0.25, 0.3) is 11.1 Å². The van der Waals surface area contributed by atoms with Crippen molar-refractivity contribution in [3.63, 3.8) is 0 Å². The smallest absolute Gasteiger partial charge is 0.353 e. The van der Waals surface area contributed by atoms with Gasteiger partial charge in [-0.15, -0.1) is 0 Å². The molecule has 1 aliphatic rings. The van der Waals surface area contributed by atoms with Crippen LogP contribution in [-0.2, 0) is 20.9 Å². The highest BCUT2D eigenvalue weighted by Gasteiger charge is 2.33. The lowest BCUT2D eigenvalue weighted by atomic mass is 9.97. The summed E-state index contributed by atoms with van der Waals surface area (Å²) in [6.07, 6.45) is 0. The van der Waals surface area contributed by atoms with E-state index in [1.165, 1.54) is 12.0 Å². The minimum atomic E-state index is -0.774. The second-order valence-electron chi connectivity index (χ2n) is 6.32. The Balaban J connectivity index is 1.85. The summed E-state index contributed by atoms with van der Waals surface area (Å²) >= 11 is 0. The van der Waals surface area contributed by atoms with Gasteiger partial charge in [0, 0.05) is 5.56 Å². The molecule has 0 aromatic heterocycles. The summed E-state index contributed by atoms with van der Waals surface area (Å²) in [6.45, 7) is 7.34. The number of amides is 2. The zero-order chi connectivity index (χ0) is 21.1. The van der Waals surface area contributed by atoms with E-state index in [9.17, 15) is 14.4 Å². The molecular weight excluding hydrogens is 372 g/mol. The highest BCUT2D eigenvalue weighted by molar-refractivity contribution is 6.07. The fraction of sp³-hybridized carbons (Fsp3) is 0.136. The van der Waals surface area contributed by atoms with E-state index in [1.807, 2.05) is 30.3 Å². The predicted molar refractivity (Wildman–Crippen MR) is 107 cm³/mol. The first kappa shape index (κ1) is 19.9. The minimum absolute atomic E-state index is 0.0862. The Kier molecular flexibility index (Phi) is 5.50. The molecule has 0 bridgehead atoms. The molecule has 0 radical (unpaired) electrons. The van der Waals surface area contributed by atoms with Crippen molar-refractivity contribution in [3.05, 3.63) is 78.1 Å². The number of ether oxygens (including phenoxy) is 2. The Labute approximate surface area is 168 Å². The van der Waals surface area contributed by atoms with Gasteiger partial charge in [0.25, 0.3) is 11.8 Å². The fourth-order valence-corrected chi connectivity index (χ4v) is 3.10. The molecule has 29 heavy (non-hydrogen) atoms. The van der Waals surface area contributed by atoms with Gasteiger partial charge in [0.2, 0.25) is 0 Å². The maximum Gasteiger partial charge on any atom is 0.353 e.